The van der Waals surface area contributed by atoms with Crippen molar-refractivity contribution >= 4 is 27.3 Å². The monoisotopic (exact) mass is 220 g/mol. The third-order valence-corrected chi connectivity index (χ3v) is 2.98. The zero-order valence-electron chi connectivity index (χ0n) is 5.98. The molecule has 0 aliphatic heterocycles. The van der Waals surface area contributed by atoms with E-state index in [4.69, 9.17) is 4.74 Å². The van der Waals surface area contributed by atoms with Crippen molar-refractivity contribution in [2.24, 2.45) is 0 Å². The Bertz CT molecular complexity index is 219. The molecule has 0 aliphatic rings. The van der Waals surface area contributed by atoms with Crippen LogP contribution in [0.25, 0.3) is 0 Å². The number of ether oxygens (including phenoxy) is 1. The second kappa shape index (κ2) is 3.51. The van der Waals surface area contributed by atoms with Gasteiger partial charge in [-0.15, -0.1) is 11.3 Å². The molecule has 0 spiro atoms. The number of thiophene rings is 1. The van der Waals surface area contributed by atoms with Crippen molar-refractivity contribution < 1.29 is 4.74 Å². The molecule has 0 saturated carbocycles. The average molecular weight is 221 g/mol. The van der Waals surface area contributed by atoms with Gasteiger partial charge in [-0.05, 0) is 34.5 Å². The third-order valence-electron chi connectivity index (χ3n) is 1.27. The number of hydrogen-bond acceptors (Lipinski definition) is 2. The third kappa shape index (κ3) is 1.81. The molecular formula is C7H9BrOS. The highest BCUT2D eigenvalue weighted by Crippen LogP contribution is 2.26. The summed E-state index contributed by atoms with van der Waals surface area (Å²) >= 11 is 5.15. The fourth-order valence-corrected chi connectivity index (χ4v) is 2.55. The summed E-state index contributed by atoms with van der Waals surface area (Å²) in [5.41, 5.74) is 1.30. The minimum atomic E-state index is 0.724. The van der Waals surface area contributed by atoms with Gasteiger partial charge in [-0.3, -0.25) is 0 Å². The van der Waals surface area contributed by atoms with Gasteiger partial charge in [0, 0.05) is 12.0 Å². The van der Waals surface area contributed by atoms with Crippen molar-refractivity contribution in [2.45, 2.75) is 13.5 Å². The maximum Gasteiger partial charge on any atom is 0.0808 e. The van der Waals surface area contributed by atoms with Crippen LogP contribution >= 0.6 is 27.3 Å². The van der Waals surface area contributed by atoms with Crippen LogP contribution in [0.3, 0.4) is 0 Å². The number of halogens is 1. The molecule has 0 fully saturated rings. The Morgan fingerprint density at radius 1 is 1.70 bits per heavy atom. The Labute approximate surface area is 73.1 Å². The lowest BCUT2D eigenvalue weighted by Gasteiger charge is -1.94. The van der Waals surface area contributed by atoms with Gasteiger partial charge in [0.05, 0.1) is 10.4 Å². The van der Waals surface area contributed by atoms with Crippen molar-refractivity contribution in [3.8, 4) is 0 Å². The van der Waals surface area contributed by atoms with Crippen LogP contribution in [0.4, 0.5) is 0 Å². The van der Waals surface area contributed by atoms with Crippen LogP contribution < -0.4 is 0 Å². The molecule has 0 aliphatic carbocycles. The summed E-state index contributed by atoms with van der Waals surface area (Å²) < 4.78 is 6.19. The average Bonchev–Trinajstić information content (AvgIpc) is 2.13. The summed E-state index contributed by atoms with van der Waals surface area (Å²) in [6.07, 6.45) is 0. The van der Waals surface area contributed by atoms with Crippen LogP contribution in [-0.2, 0) is 11.3 Å². The molecular weight excluding hydrogens is 212 g/mol. The molecule has 1 heterocycles. The van der Waals surface area contributed by atoms with Crippen molar-refractivity contribution in [3.05, 3.63) is 20.3 Å². The lowest BCUT2D eigenvalue weighted by molar-refractivity contribution is 0.187. The SMILES string of the molecule is COCc1sc(Br)cc1C. The first-order chi connectivity index (χ1) is 4.74. The van der Waals surface area contributed by atoms with Crippen molar-refractivity contribution in [2.75, 3.05) is 7.11 Å². The van der Waals surface area contributed by atoms with Crippen LogP contribution in [0.15, 0.2) is 9.85 Å². The van der Waals surface area contributed by atoms with E-state index in [1.165, 1.54) is 14.2 Å². The maximum atomic E-state index is 5.01. The van der Waals surface area contributed by atoms with E-state index in [2.05, 4.69) is 28.9 Å². The molecule has 1 rings (SSSR count). The van der Waals surface area contributed by atoms with Crippen molar-refractivity contribution in [1.29, 1.82) is 0 Å². The molecule has 0 N–H and O–H groups in total. The Balaban J connectivity index is 2.81. The molecule has 0 atom stereocenters. The van der Waals surface area contributed by atoms with Crippen LogP contribution in [0, 0.1) is 6.92 Å². The zero-order chi connectivity index (χ0) is 7.56. The number of rotatable bonds is 2. The second-order valence-corrected chi connectivity index (χ2v) is 4.61. The molecule has 3 heteroatoms. The highest BCUT2D eigenvalue weighted by molar-refractivity contribution is 9.11. The first-order valence-corrected chi connectivity index (χ1v) is 4.58. The fraction of sp³-hybridized carbons (Fsp3) is 0.429. The van der Waals surface area contributed by atoms with Gasteiger partial charge in [-0.1, -0.05) is 0 Å². The highest BCUT2D eigenvalue weighted by Gasteiger charge is 2.01. The largest absolute Gasteiger partial charge is 0.379 e. The smallest absolute Gasteiger partial charge is 0.0808 e. The first-order valence-electron chi connectivity index (χ1n) is 2.98. The molecule has 1 nitrogen and oxygen atoms in total. The Kier molecular flexibility index (Phi) is 2.89. The lowest BCUT2D eigenvalue weighted by Crippen LogP contribution is -1.83. The van der Waals surface area contributed by atoms with Gasteiger partial charge in [0.25, 0.3) is 0 Å². The fourth-order valence-electron chi connectivity index (χ4n) is 0.753. The number of hydrogen-bond donors (Lipinski definition) is 0. The van der Waals surface area contributed by atoms with E-state index in [0.29, 0.717) is 0 Å². The lowest BCUT2D eigenvalue weighted by atomic mass is 10.3. The van der Waals surface area contributed by atoms with Crippen LogP contribution in [0.5, 0.6) is 0 Å². The van der Waals surface area contributed by atoms with Gasteiger partial charge in [-0.25, -0.2) is 0 Å². The van der Waals surface area contributed by atoms with Crippen LogP contribution in [0.1, 0.15) is 10.4 Å². The number of methoxy groups -OCH3 is 1. The molecule has 0 saturated heterocycles. The molecule has 0 radical (unpaired) electrons. The molecule has 1 aromatic rings. The summed E-state index contributed by atoms with van der Waals surface area (Å²) in [4.78, 5) is 1.30. The minimum Gasteiger partial charge on any atom is -0.379 e. The van der Waals surface area contributed by atoms with E-state index < -0.39 is 0 Å². The molecule has 0 aromatic carbocycles. The molecule has 1 aromatic heterocycles. The predicted octanol–water partition coefficient (Wildman–Crippen LogP) is 2.97. The maximum absolute atomic E-state index is 5.01. The van der Waals surface area contributed by atoms with Gasteiger partial charge in [-0.2, -0.15) is 0 Å². The van der Waals surface area contributed by atoms with Crippen molar-refractivity contribution in [1.82, 2.24) is 0 Å². The summed E-state index contributed by atoms with van der Waals surface area (Å²) in [6.45, 7) is 2.82. The van der Waals surface area contributed by atoms with E-state index >= 15 is 0 Å². The topological polar surface area (TPSA) is 9.23 Å². The Hall–Kier alpha value is 0.140. The molecule has 0 unspecified atom stereocenters. The predicted molar refractivity (Wildman–Crippen MR) is 47.5 cm³/mol. The van der Waals surface area contributed by atoms with E-state index in [1.54, 1.807) is 18.4 Å². The van der Waals surface area contributed by atoms with Crippen molar-refractivity contribution in [3.63, 3.8) is 0 Å². The van der Waals surface area contributed by atoms with E-state index in [9.17, 15) is 0 Å². The van der Waals surface area contributed by atoms with Gasteiger partial charge in [0.2, 0.25) is 0 Å². The summed E-state index contributed by atoms with van der Waals surface area (Å²) in [7, 11) is 1.72. The van der Waals surface area contributed by atoms with E-state index in [0.717, 1.165) is 6.61 Å². The zero-order valence-corrected chi connectivity index (χ0v) is 8.38. The van der Waals surface area contributed by atoms with Crippen LogP contribution in [-0.4, -0.2) is 7.11 Å². The van der Waals surface area contributed by atoms with Gasteiger partial charge >= 0.3 is 0 Å². The molecule has 10 heavy (non-hydrogen) atoms. The van der Waals surface area contributed by atoms with E-state index in [-0.39, 0.29) is 0 Å². The highest BCUT2D eigenvalue weighted by atomic mass is 79.9. The normalized spacial score (nSPS) is 10.3. The van der Waals surface area contributed by atoms with Gasteiger partial charge in [0.15, 0.2) is 0 Å². The first kappa shape index (κ1) is 8.24. The van der Waals surface area contributed by atoms with Gasteiger partial charge in [0.1, 0.15) is 0 Å². The standard InChI is InChI=1S/C7H9BrOS/c1-5-3-7(8)10-6(5)4-9-2/h3H,4H2,1-2H3. The van der Waals surface area contributed by atoms with Crippen LogP contribution in [0.2, 0.25) is 0 Å². The second-order valence-electron chi connectivity index (χ2n) is 2.09. The minimum absolute atomic E-state index is 0.724. The summed E-state index contributed by atoms with van der Waals surface area (Å²) in [5.74, 6) is 0. The molecule has 56 valence electrons. The van der Waals surface area contributed by atoms with E-state index in [1.807, 2.05) is 0 Å². The summed E-state index contributed by atoms with van der Waals surface area (Å²) in [5, 5.41) is 0. The molecule has 0 amide bonds. The number of aryl methyl sites for hydroxylation is 1. The quantitative estimate of drug-likeness (QED) is 0.745. The Morgan fingerprint density at radius 3 is 2.80 bits per heavy atom. The summed E-state index contributed by atoms with van der Waals surface area (Å²) in [6, 6.07) is 2.11. The Morgan fingerprint density at radius 2 is 2.40 bits per heavy atom. The van der Waals surface area contributed by atoms with Gasteiger partial charge < -0.3 is 4.74 Å². The molecule has 0 bridgehead atoms.